The summed E-state index contributed by atoms with van der Waals surface area (Å²) >= 11 is 0. The smallest absolute Gasteiger partial charge is 0.257 e. The molecule has 0 aliphatic carbocycles. The number of likely N-dealkylation sites (tertiary alicyclic amines) is 2. The molecule has 3 rings (SSSR count). The maximum Gasteiger partial charge on any atom is 0.257 e. The molecule has 2 fully saturated rings. The van der Waals surface area contributed by atoms with Crippen molar-refractivity contribution in [2.45, 2.75) is 38.6 Å². The normalized spacial score (nSPS) is 22.8. The molecule has 1 atom stereocenters. The van der Waals surface area contributed by atoms with Crippen molar-refractivity contribution in [2.24, 2.45) is 0 Å². The second kappa shape index (κ2) is 6.69. The predicted molar refractivity (Wildman–Crippen MR) is 87.5 cm³/mol. The molecule has 1 unspecified atom stereocenters. The van der Waals surface area contributed by atoms with E-state index < -0.39 is 0 Å². The van der Waals surface area contributed by atoms with Crippen LogP contribution < -0.4 is 4.74 Å². The molecular formula is C18H26N2O2. The van der Waals surface area contributed by atoms with Crippen LogP contribution in [0.1, 0.15) is 41.6 Å². The molecule has 2 aliphatic heterocycles. The Morgan fingerprint density at radius 2 is 1.95 bits per heavy atom. The van der Waals surface area contributed by atoms with Gasteiger partial charge >= 0.3 is 0 Å². The number of ether oxygens (including phenoxy) is 1. The Labute approximate surface area is 133 Å². The molecule has 1 amide bonds. The highest BCUT2D eigenvalue weighted by atomic mass is 16.5. The molecule has 0 N–H and O–H groups in total. The molecule has 22 heavy (non-hydrogen) atoms. The van der Waals surface area contributed by atoms with E-state index in [-0.39, 0.29) is 5.91 Å². The second-order valence-electron chi connectivity index (χ2n) is 6.49. The molecule has 4 heteroatoms. The molecule has 4 nitrogen and oxygen atoms in total. The van der Waals surface area contributed by atoms with Gasteiger partial charge in [-0.05, 0) is 51.4 Å². The van der Waals surface area contributed by atoms with Crippen LogP contribution in [0, 0.1) is 6.92 Å². The highest BCUT2D eigenvalue weighted by Gasteiger charge is 2.32. The molecule has 0 aromatic heterocycles. The third kappa shape index (κ3) is 3.12. The maximum atomic E-state index is 12.8. The van der Waals surface area contributed by atoms with Gasteiger partial charge in [-0.3, -0.25) is 9.69 Å². The van der Waals surface area contributed by atoms with E-state index in [1.165, 1.54) is 32.4 Å². The molecular weight excluding hydrogens is 276 g/mol. The van der Waals surface area contributed by atoms with Gasteiger partial charge in [-0.1, -0.05) is 18.1 Å². The first kappa shape index (κ1) is 15.3. The summed E-state index contributed by atoms with van der Waals surface area (Å²) in [6.45, 7) is 6.12. The number of piperidine rings is 1. The predicted octanol–water partition coefficient (Wildman–Crippen LogP) is 2.70. The van der Waals surface area contributed by atoms with E-state index in [4.69, 9.17) is 4.74 Å². The van der Waals surface area contributed by atoms with E-state index in [0.717, 1.165) is 25.1 Å². The second-order valence-corrected chi connectivity index (χ2v) is 6.49. The summed E-state index contributed by atoms with van der Waals surface area (Å²) in [5.74, 6) is 0.789. The van der Waals surface area contributed by atoms with Gasteiger partial charge in [-0.15, -0.1) is 0 Å². The average Bonchev–Trinajstić information content (AvgIpc) is 3.05. The molecule has 1 aromatic rings. The van der Waals surface area contributed by atoms with E-state index in [0.29, 0.717) is 17.4 Å². The Kier molecular flexibility index (Phi) is 4.67. The van der Waals surface area contributed by atoms with E-state index in [1.807, 2.05) is 30.0 Å². The first-order valence-corrected chi connectivity index (χ1v) is 8.37. The van der Waals surface area contributed by atoms with Crippen molar-refractivity contribution in [2.75, 3.05) is 33.3 Å². The number of aryl methyl sites for hydroxylation is 1. The van der Waals surface area contributed by atoms with Gasteiger partial charge in [0.2, 0.25) is 0 Å². The fourth-order valence-corrected chi connectivity index (χ4v) is 3.67. The van der Waals surface area contributed by atoms with Gasteiger partial charge in [-0.25, -0.2) is 0 Å². The van der Waals surface area contributed by atoms with Crippen LogP contribution in [0.15, 0.2) is 18.2 Å². The van der Waals surface area contributed by atoms with Gasteiger partial charge < -0.3 is 9.64 Å². The molecule has 0 spiro atoms. The van der Waals surface area contributed by atoms with Crippen LogP contribution in [-0.4, -0.2) is 55.0 Å². The quantitative estimate of drug-likeness (QED) is 0.860. The highest BCUT2D eigenvalue weighted by molar-refractivity contribution is 5.97. The lowest BCUT2D eigenvalue weighted by Crippen LogP contribution is -2.41. The number of amides is 1. The van der Waals surface area contributed by atoms with Gasteiger partial charge in [0.1, 0.15) is 5.75 Å². The first-order valence-electron chi connectivity index (χ1n) is 8.37. The Bertz CT molecular complexity index is 538. The molecule has 120 valence electrons. The summed E-state index contributed by atoms with van der Waals surface area (Å²) in [7, 11) is 1.63. The lowest BCUT2D eigenvalue weighted by atomic mass is 10.1. The Morgan fingerprint density at radius 3 is 2.68 bits per heavy atom. The first-order chi connectivity index (χ1) is 10.7. The third-order valence-electron chi connectivity index (χ3n) is 4.94. The van der Waals surface area contributed by atoms with Crippen LogP contribution in [0.2, 0.25) is 0 Å². The van der Waals surface area contributed by atoms with Gasteiger partial charge in [0.25, 0.3) is 5.91 Å². The summed E-state index contributed by atoms with van der Waals surface area (Å²) in [6, 6.07) is 6.35. The van der Waals surface area contributed by atoms with E-state index in [2.05, 4.69) is 4.90 Å². The summed E-state index contributed by atoms with van der Waals surface area (Å²) < 4.78 is 5.37. The van der Waals surface area contributed by atoms with Gasteiger partial charge in [0, 0.05) is 19.1 Å². The number of methoxy groups -OCH3 is 1. The average molecular weight is 302 g/mol. The van der Waals surface area contributed by atoms with Crippen LogP contribution in [0.5, 0.6) is 5.75 Å². The van der Waals surface area contributed by atoms with Gasteiger partial charge in [0.15, 0.2) is 0 Å². The fourth-order valence-electron chi connectivity index (χ4n) is 3.67. The molecule has 0 bridgehead atoms. The van der Waals surface area contributed by atoms with Crippen LogP contribution in [0.4, 0.5) is 0 Å². The molecule has 2 aliphatic rings. The van der Waals surface area contributed by atoms with Crippen LogP contribution in [-0.2, 0) is 0 Å². The van der Waals surface area contributed by atoms with Crippen LogP contribution in [0.25, 0.3) is 0 Å². The number of hydrogen-bond donors (Lipinski definition) is 0. The SMILES string of the molecule is COc1ccc(C)cc1C(=O)N1CCC(N2CCCCC2)C1. The number of benzene rings is 1. The van der Waals surface area contributed by atoms with Crippen molar-refractivity contribution in [1.82, 2.24) is 9.80 Å². The minimum Gasteiger partial charge on any atom is -0.496 e. The summed E-state index contributed by atoms with van der Waals surface area (Å²) in [5.41, 5.74) is 1.79. The molecule has 0 saturated carbocycles. The van der Waals surface area contributed by atoms with Crippen LogP contribution >= 0.6 is 0 Å². The van der Waals surface area contributed by atoms with Crippen molar-refractivity contribution < 1.29 is 9.53 Å². The zero-order chi connectivity index (χ0) is 15.5. The largest absolute Gasteiger partial charge is 0.496 e. The lowest BCUT2D eigenvalue weighted by Gasteiger charge is -2.32. The Balaban J connectivity index is 1.70. The monoisotopic (exact) mass is 302 g/mol. The fraction of sp³-hybridized carbons (Fsp3) is 0.611. The molecule has 0 radical (unpaired) electrons. The Hall–Kier alpha value is -1.55. The molecule has 2 heterocycles. The Morgan fingerprint density at radius 1 is 1.18 bits per heavy atom. The van der Waals surface area contributed by atoms with Crippen molar-refractivity contribution in [1.29, 1.82) is 0 Å². The summed E-state index contributed by atoms with van der Waals surface area (Å²) in [5, 5.41) is 0. The van der Waals surface area contributed by atoms with E-state index >= 15 is 0 Å². The lowest BCUT2D eigenvalue weighted by molar-refractivity contribution is 0.0768. The van der Waals surface area contributed by atoms with Crippen molar-refractivity contribution >= 4 is 5.91 Å². The number of hydrogen-bond acceptors (Lipinski definition) is 3. The summed E-state index contributed by atoms with van der Waals surface area (Å²) in [4.78, 5) is 17.4. The maximum absolute atomic E-state index is 12.8. The van der Waals surface area contributed by atoms with Gasteiger partial charge in [-0.2, -0.15) is 0 Å². The van der Waals surface area contributed by atoms with Crippen LogP contribution in [0.3, 0.4) is 0 Å². The van der Waals surface area contributed by atoms with E-state index in [9.17, 15) is 4.79 Å². The summed E-state index contributed by atoms with van der Waals surface area (Å²) in [6.07, 6.45) is 5.05. The van der Waals surface area contributed by atoms with Crippen molar-refractivity contribution in [3.63, 3.8) is 0 Å². The molecule has 2 saturated heterocycles. The number of carbonyl (C=O) groups excluding carboxylic acids is 1. The minimum atomic E-state index is 0.111. The third-order valence-corrected chi connectivity index (χ3v) is 4.94. The zero-order valence-corrected chi connectivity index (χ0v) is 13.7. The van der Waals surface area contributed by atoms with Gasteiger partial charge in [0.05, 0.1) is 12.7 Å². The topological polar surface area (TPSA) is 32.8 Å². The van der Waals surface area contributed by atoms with Crippen molar-refractivity contribution in [3.05, 3.63) is 29.3 Å². The number of carbonyl (C=O) groups is 1. The highest BCUT2D eigenvalue weighted by Crippen LogP contribution is 2.25. The minimum absolute atomic E-state index is 0.111. The van der Waals surface area contributed by atoms with E-state index in [1.54, 1.807) is 7.11 Å². The number of rotatable bonds is 3. The zero-order valence-electron chi connectivity index (χ0n) is 13.7. The number of nitrogens with zero attached hydrogens (tertiary/aromatic N) is 2. The molecule has 1 aromatic carbocycles. The standard InChI is InChI=1S/C18H26N2O2/c1-14-6-7-17(22-2)16(12-14)18(21)20-11-8-15(13-20)19-9-4-3-5-10-19/h6-7,12,15H,3-5,8-11,13H2,1-2H3. The van der Waals surface area contributed by atoms with Crippen molar-refractivity contribution in [3.8, 4) is 5.75 Å².